The maximum absolute atomic E-state index is 11.5. The summed E-state index contributed by atoms with van der Waals surface area (Å²) in [5, 5.41) is 12.9. The molecule has 0 bridgehead atoms. The number of nitrogens with zero attached hydrogens (tertiary/aromatic N) is 5. The van der Waals surface area contributed by atoms with Crippen molar-refractivity contribution in [3.63, 3.8) is 0 Å². The van der Waals surface area contributed by atoms with Gasteiger partial charge in [-0.15, -0.1) is 5.10 Å². The summed E-state index contributed by atoms with van der Waals surface area (Å²) in [6.45, 7) is 0. The molecule has 0 amide bonds. The highest BCUT2D eigenvalue weighted by molar-refractivity contribution is 7.98. The van der Waals surface area contributed by atoms with Crippen molar-refractivity contribution in [2.45, 2.75) is 15.7 Å². The molecule has 0 saturated carbocycles. The van der Waals surface area contributed by atoms with Gasteiger partial charge in [-0.2, -0.15) is 4.68 Å². The smallest absolute Gasteiger partial charge is 0.175 e. The van der Waals surface area contributed by atoms with Gasteiger partial charge in [0.05, 0.1) is 21.4 Å². The van der Waals surface area contributed by atoms with Crippen molar-refractivity contribution in [2.24, 2.45) is 0 Å². The van der Waals surface area contributed by atoms with Crippen molar-refractivity contribution in [1.82, 2.24) is 25.2 Å². The second kappa shape index (κ2) is 6.88. The van der Waals surface area contributed by atoms with E-state index in [1.165, 1.54) is 23.9 Å². The predicted molar refractivity (Wildman–Crippen MR) is 91.1 cm³/mol. The first-order chi connectivity index (χ1) is 11.4. The van der Waals surface area contributed by atoms with Gasteiger partial charge in [-0.3, -0.25) is 0 Å². The van der Waals surface area contributed by atoms with E-state index in [9.17, 15) is 8.42 Å². The normalized spacial score (nSPS) is 11.6. The number of aromatic nitrogens is 5. The average Bonchev–Trinajstić information content (AvgIpc) is 3.02. The number of rotatable bonds is 5. The Labute approximate surface area is 148 Å². The van der Waals surface area contributed by atoms with Crippen molar-refractivity contribution in [1.29, 1.82) is 0 Å². The van der Waals surface area contributed by atoms with E-state index >= 15 is 0 Å². The average molecular weight is 382 g/mol. The van der Waals surface area contributed by atoms with Crippen molar-refractivity contribution >= 4 is 33.2 Å². The van der Waals surface area contributed by atoms with Crippen LogP contribution in [0.5, 0.6) is 0 Å². The fourth-order valence-electron chi connectivity index (χ4n) is 1.94. The van der Waals surface area contributed by atoms with Crippen LogP contribution in [-0.4, -0.2) is 39.9 Å². The molecule has 1 aromatic carbocycles. The number of halogens is 1. The van der Waals surface area contributed by atoms with Crippen LogP contribution in [0, 0.1) is 0 Å². The summed E-state index contributed by atoms with van der Waals surface area (Å²) in [5.74, 6) is 1.08. The van der Waals surface area contributed by atoms with Crippen molar-refractivity contribution < 1.29 is 8.42 Å². The standard InChI is InChI=1S/C14H12ClN5O2S2/c1-24(21,22)11-6-4-10(5-7-11)20-13(17-18-19-20)9-23-14-12(15)3-2-8-16-14/h2-8H,9H2,1H3. The Morgan fingerprint density at radius 3 is 2.62 bits per heavy atom. The monoisotopic (exact) mass is 381 g/mol. The number of hydrogen-bond donors (Lipinski definition) is 0. The van der Waals surface area contributed by atoms with E-state index < -0.39 is 9.84 Å². The first-order valence-electron chi connectivity index (χ1n) is 6.76. The van der Waals surface area contributed by atoms with Gasteiger partial charge in [0.25, 0.3) is 0 Å². The van der Waals surface area contributed by atoms with Crippen LogP contribution in [-0.2, 0) is 15.6 Å². The predicted octanol–water partition coefficient (Wildman–Crippen LogP) is 2.41. The molecule has 124 valence electrons. The molecule has 3 rings (SSSR count). The van der Waals surface area contributed by atoms with Crippen LogP contribution in [0.25, 0.3) is 5.69 Å². The zero-order valence-electron chi connectivity index (χ0n) is 12.5. The van der Waals surface area contributed by atoms with Crippen LogP contribution >= 0.6 is 23.4 Å². The maximum atomic E-state index is 11.5. The first kappa shape index (κ1) is 16.9. The van der Waals surface area contributed by atoms with E-state index in [0.29, 0.717) is 27.3 Å². The molecule has 0 aliphatic heterocycles. The highest BCUT2D eigenvalue weighted by Gasteiger charge is 2.12. The summed E-state index contributed by atoms with van der Waals surface area (Å²) in [6, 6.07) is 9.91. The molecule has 2 aromatic heterocycles. The van der Waals surface area contributed by atoms with Gasteiger partial charge < -0.3 is 0 Å². The molecule has 2 heterocycles. The lowest BCUT2D eigenvalue weighted by molar-refractivity contribution is 0.602. The SMILES string of the molecule is CS(=O)(=O)c1ccc(-n2nnnc2CSc2ncccc2Cl)cc1. The fourth-order valence-corrected chi connectivity index (χ4v) is 3.64. The summed E-state index contributed by atoms with van der Waals surface area (Å²) in [6.07, 6.45) is 2.83. The lowest BCUT2D eigenvalue weighted by Crippen LogP contribution is -2.03. The molecule has 10 heteroatoms. The molecule has 24 heavy (non-hydrogen) atoms. The van der Waals surface area contributed by atoms with Gasteiger partial charge in [0, 0.05) is 12.5 Å². The van der Waals surface area contributed by atoms with Crippen LogP contribution in [0.1, 0.15) is 5.82 Å². The van der Waals surface area contributed by atoms with Gasteiger partial charge in [0.2, 0.25) is 0 Å². The number of pyridine rings is 1. The number of tetrazole rings is 1. The maximum Gasteiger partial charge on any atom is 0.175 e. The summed E-state index contributed by atoms with van der Waals surface area (Å²) < 4.78 is 24.6. The summed E-state index contributed by atoms with van der Waals surface area (Å²) in [7, 11) is -3.24. The minimum atomic E-state index is -3.24. The summed E-state index contributed by atoms with van der Waals surface area (Å²) in [5.41, 5.74) is 0.676. The Hall–Kier alpha value is -1.97. The Balaban J connectivity index is 1.82. The van der Waals surface area contributed by atoms with E-state index in [0.717, 1.165) is 6.26 Å². The Morgan fingerprint density at radius 2 is 1.96 bits per heavy atom. The molecule has 0 aliphatic rings. The lowest BCUT2D eigenvalue weighted by atomic mass is 10.3. The van der Waals surface area contributed by atoms with Crippen molar-refractivity contribution in [3.05, 3.63) is 53.4 Å². The third-order valence-electron chi connectivity index (χ3n) is 3.11. The van der Waals surface area contributed by atoms with Crippen LogP contribution in [0.3, 0.4) is 0 Å². The molecule has 0 aliphatic carbocycles. The number of benzene rings is 1. The molecule has 0 spiro atoms. The minimum absolute atomic E-state index is 0.246. The van der Waals surface area contributed by atoms with E-state index in [1.807, 2.05) is 0 Å². The second-order valence-corrected chi connectivity index (χ2v) is 8.24. The highest BCUT2D eigenvalue weighted by Crippen LogP contribution is 2.27. The third-order valence-corrected chi connectivity index (χ3v) is 5.65. The van der Waals surface area contributed by atoms with Gasteiger partial charge in [0.1, 0.15) is 5.03 Å². The minimum Gasteiger partial charge on any atom is -0.248 e. The molecule has 0 radical (unpaired) electrons. The molecule has 0 N–H and O–H groups in total. The molecule has 0 unspecified atom stereocenters. The first-order valence-corrected chi connectivity index (χ1v) is 10.0. The number of hydrogen-bond acceptors (Lipinski definition) is 7. The zero-order chi connectivity index (χ0) is 17.2. The van der Waals surface area contributed by atoms with Crippen LogP contribution < -0.4 is 0 Å². The van der Waals surface area contributed by atoms with Gasteiger partial charge in [-0.05, 0) is 46.8 Å². The molecule has 0 fully saturated rings. The van der Waals surface area contributed by atoms with Crippen LogP contribution in [0.15, 0.2) is 52.5 Å². The van der Waals surface area contributed by atoms with Gasteiger partial charge in [-0.25, -0.2) is 13.4 Å². The van der Waals surface area contributed by atoms with Crippen LogP contribution in [0.2, 0.25) is 5.02 Å². The largest absolute Gasteiger partial charge is 0.248 e. The Morgan fingerprint density at radius 1 is 1.21 bits per heavy atom. The summed E-state index contributed by atoms with van der Waals surface area (Å²) in [4.78, 5) is 4.45. The van der Waals surface area contributed by atoms with E-state index in [4.69, 9.17) is 11.6 Å². The zero-order valence-corrected chi connectivity index (χ0v) is 14.9. The van der Waals surface area contributed by atoms with E-state index in [1.54, 1.807) is 35.1 Å². The van der Waals surface area contributed by atoms with Gasteiger partial charge in [0.15, 0.2) is 15.7 Å². The number of sulfone groups is 1. The topological polar surface area (TPSA) is 90.6 Å². The van der Waals surface area contributed by atoms with E-state index in [-0.39, 0.29) is 4.90 Å². The summed E-state index contributed by atoms with van der Waals surface area (Å²) >= 11 is 7.50. The molecule has 0 atom stereocenters. The Kier molecular flexibility index (Phi) is 4.83. The molecule has 3 aromatic rings. The quantitative estimate of drug-likeness (QED) is 0.626. The van der Waals surface area contributed by atoms with Gasteiger partial charge >= 0.3 is 0 Å². The lowest BCUT2D eigenvalue weighted by Gasteiger charge is -2.06. The highest BCUT2D eigenvalue weighted by atomic mass is 35.5. The Bertz CT molecular complexity index is 957. The molecule has 0 saturated heterocycles. The third kappa shape index (κ3) is 3.74. The van der Waals surface area contributed by atoms with Crippen LogP contribution in [0.4, 0.5) is 0 Å². The number of thioether (sulfide) groups is 1. The fraction of sp³-hybridized carbons (Fsp3) is 0.143. The van der Waals surface area contributed by atoms with E-state index in [2.05, 4.69) is 20.5 Å². The molecular weight excluding hydrogens is 370 g/mol. The molecular formula is C14H12ClN5O2S2. The van der Waals surface area contributed by atoms with Crippen molar-refractivity contribution in [3.8, 4) is 5.69 Å². The van der Waals surface area contributed by atoms with Gasteiger partial charge in [-0.1, -0.05) is 23.4 Å². The second-order valence-electron chi connectivity index (χ2n) is 4.85. The van der Waals surface area contributed by atoms with Crippen molar-refractivity contribution in [2.75, 3.05) is 6.26 Å². The molecule has 7 nitrogen and oxygen atoms in total.